The Bertz CT molecular complexity index is 835. The summed E-state index contributed by atoms with van der Waals surface area (Å²) in [5, 5.41) is 10.1. The minimum atomic E-state index is -3.79. The normalized spacial score (nSPS) is 12.8. The van der Waals surface area contributed by atoms with Crippen molar-refractivity contribution < 1.29 is 13.5 Å². The SMILES string of the molecule is CCCC(C)N(c1cc(Cl)ccc1CO)S(=O)(=O)c1ccc(CC)cc1. The maximum atomic E-state index is 13.4. The van der Waals surface area contributed by atoms with E-state index in [9.17, 15) is 13.5 Å². The number of hydrogen-bond acceptors (Lipinski definition) is 3. The summed E-state index contributed by atoms with van der Waals surface area (Å²) >= 11 is 6.13. The van der Waals surface area contributed by atoms with Crippen molar-refractivity contribution >= 4 is 27.3 Å². The second-order valence-corrected chi connectivity index (χ2v) is 8.62. The number of rotatable bonds is 8. The van der Waals surface area contributed by atoms with Crippen LogP contribution in [0.5, 0.6) is 0 Å². The van der Waals surface area contributed by atoms with Crippen LogP contribution in [0.1, 0.15) is 44.7 Å². The van der Waals surface area contributed by atoms with Crippen molar-refractivity contribution in [2.75, 3.05) is 4.31 Å². The molecule has 0 aliphatic heterocycles. The first kappa shape index (κ1) is 20.7. The minimum absolute atomic E-state index is 0.238. The summed E-state index contributed by atoms with van der Waals surface area (Å²) in [5.41, 5.74) is 2.04. The van der Waals surface area contributed by atoms with Gasteiger partial charge in [-0.25, -0.2) is 8.42 Å². The van der Waals surface area contributed by atoms with Crippen molar-refractivity contribution in [2.45, 2.75) is 57.6 Å². The summed E-state index contributed by atoms with van der Waals surface area (Å²) < 4.78 is 28.3. The van der Waals surface area contributed by atoms with Crippen LogP contribution in [0, 0.1) is 0 Å². The van der Waals surface area contributed by atoms with E-state index in [4.69, 9.17) is 11.6 Å². The van der Waals surface area contributed by atoms with Gasteiger partial charge < -0.3 is 5.11 Å². The molecule has 142 valence electrons. The fraction of sp³-hybridized carbons (Fsp3) is 0.400. The lowest BCUT2D eigenvalue weighted by atomic mass is 10.1. The molecule has 0 aliphatic rings. The van der Waals surface area contributed by atoms with E-state index < -0.39 is 10.0 Å². The molecule has 0 heterocycles. The van der Waals surface area contributed by atoms with Crippen molar-refractivity contribution in [2.24, 2.45) is 0 Å². The van der Waals surface area contributed by atoms with Crippen LogP contribution in [0.2, 0.25) is 5.02 Å². The first-order chi connectivity index (χ1) is 12.3. The number of nitrogens with zero attached hydrogens (tertiary/aromatic N) is 1. The van der Waals surface area contributed by atoms with Gasteiger partial charge in [0.25, 0.3) is 10.0 Å². The van der Waals surface area contributed by atoms with Gasteiger partial charge in [-0.15, -0.1) is 0 Å². The van der Waals surface area contributed by atoms with Crippen LogP contribution in [0.25, 0.3) is 0 Å². The van der Waals surface area contributed by atoms with Crippen molar-refractivity contribution in [3.05, 3.63) is 58.6 Å². The van der Waals surface area contributed by atoms with Gasteiger partial charge in [0.05, 0.1) is 17.2 Å². The molecule has 0 radical (unpaired) electrons. The molecule has 4 nitrogen and oxygen atoms in total. The number of anilines is 1. The fourth-order valence-corrected chi connectivity index (χ4v) is 4.91. The standard InChI is InChI=1S/C20H26ClNO3S/c1-4-6-15(3)22(20-13-18(21)10-9-17(20)14-23)26(24,25)19-11-7-16(5-2)8-12-19/h7-13,15,23H,4-6,14H2,1-3H3. The first-order valence-corrected chi connectivity index (χ1v) is 10.7. The topological polar surface area (TPSA) is 57.6 Å². The van der Waals surface area contributed by atoms with Gasteiger partial charge in [-0.1, -0.05) is 50.1 Å². The summed E-state index contributed by atoms with van der Waals surface area (Å²) in [6, 6.07) is 11.6. The highest BCUT2D eigenvalue weighted by atomic mass is 35.5. The number of aliphatic hydroxyl groups is 1. The van der Waals surface area contributed by atoms with Crippen molar-refractivity contribution in [1.29, 1.82) is 0 Å². The third kappa shape index (κ3) is 4.40. The number of halogens is 1. The van der Waals surface area contributed by atoms with E-state index in [2.05, 4.69) is 0 Å². The van der Waals surface area contributed by atoms with Gasteiger partial charge in [0.2, 0.25) is 0 Å². The maximum Gasteiger partial charge on any atom is 0.264 e. The Balaban J connectivity index is 2.62. The molecule has 2 aromatic carbocycles. The summed E-state index contributed by atoms with van der Waals surface area (Å²) in [7, 11) is -3.79. The molecule has 2 aromatic rings. The van der Waals surface area contributed by atoms with Crippen LogP contribution in [-0.4, -0.2) is 19.6 Å². The smallest absolute Gasteiger partial charge is 0.264 e. The molecule has 2 rings (SSSR count). The zero-order chi connectivity index (χ0) is 19.3. The van der Waals surface area contributed by atoms with E-state index in [-0.39, 0.29) is 17.5 Å². The Morgan fingerprint density at radius 2 is 1.77 bits per heavy atom. The van der Waals surface area contributed by atoms with E-state index in [0.717, 1.165) is 18.4 Å². The monoisotopic (exact) mass is 395 g/mol. The Morgan fingerprint density at radius 1 is 1.12 bits per heavy atom. The van der Waals surface area contributed by atoms with E-state index >= 15 is 0 Å². The second-order valence-electron chi connectivity index (χ2n) is 6.37. The Labute approximate surface area is 161 Å². The van der Waals surface area contributed by atoms with E-state index in [0.29, 0.717) is 22.7 Å². The van der Waals surface area contributed by atoms with Gasteiger partial charge in [0, 0.05) is 16.6 Å². The third-order valence-electron chi connectivity index (χ3n) is 4.45. The van der Waals surface area contributed by atoms with Crippen LogP contribution in [0.4, 0.5) is 5.69 Å². The predicted molar refractivity (Wildman–Crippen MR) is 107 cm³/mol. The van der Waals surface area contributed by atoms with Gasteiger partial charge >= 0.3 is 0 Å². The zero-order valence-electron chi connectivity index (χ0n) is 15.4. The van der Waals surface area contributed by atoms with E-state index in [1.807, 2.05) is 32.9 Å². The third-order valence-corrected chi connectivity index (χ3v) is 6.63. The van der Waals surface area contributed by atoms with Crippen LogP contribution < -0.4 is 4.31 Å². The molecule has 0 saturated heterocycles. The number of sulfonamides is 1. The molecular formula is C20H26ClNO3S. The summed E-state index contributed by atoms with van der Waals surface area (Å²) in [5.74, 6) is 0. The molecule has 1 unspecified atom stereocenters. The highest BCUT2D eigenvalue weighted by Gasteiger charge is 2.30. The van der Waals surface area contributed by atoms with Gasteiger partial charge in [-0.3, -0.25) is 4.31 Å². The number of hydrogen-bond donors (Lipinski definition) is 1. The first-order valence-electron chi connectivity index (χ1n) is 8.87. The molecule has 0 bridgehead atoms. The second kappa shape index (κ2) is 8.89. The predicted octanol–water partition coefficient (Wildman–Crippen LogP) is 4.78. The quantitative estimate of drug-likeness (QED) is 0.699. The fourth-order valence-electron chi connectivity index (χ4n) is 3.03. The molecule has 0 fully saturated rings. The van der Waals surface area contributed by atoms with Crippen molar-refractivity contribution in [3.63, 3.8) is 0 Å². The maximum absolute atomic E-state index is 13.4. The lowest BCUT2D eigenvalue weighted by Crippen LogP contribution is -2.39. The molecule has 0 saturated carbocycles. The molecule has 0 aromatic heterocycles. The molecule has 6 heteroatoms. The highest BCUT2D eigenvalue weighted by Crippen LogP contribution is 2.33. The van der Waals surface area contributed by atoms with Gasteiger partial charge in [0.1, 0.15) is 0 Å². The van der Waals surface area contributed by atoms with Gasteiger partial charge in [-0.2, -0.15) is 0 Å². The molecule has 26 heavy (non-hydrogen) atoms. The summed E-state index contributed by atoms with van der Waals surface area (Å²) in [4.78, 5) is 0.238. The van der Waals surface area contributed by atoms with Crippen LogP contribution >= 0.6 is 11.6 Å². The van der Waals surface area contributed by atoms with Crippen molar-refractivity contribution in [1.82, 2.24) is 0 Å². The summed E-state index contributed by atoms with van der Waals surface area (Å²) in [6.45, 7) is 5.66. The molecule has 0 amide bonds. The molecular weight excluding hydrogens is 370 g/mol. The largest absolute Gasteiger partial charge is 0.392 e. The van der Waals surface area contributed by atoms with E-state index in [1.54, 1.807) is 30.3 Å². The summed E-state index contributed by atoms with van der Waals surface area (Å²) in [6.07, 6.45) is 2.39. The highest BCUT2D eigenvalue weighted by molar-refractivity contribution is 7.92. The lowest BCUT2D eigenvalue weighted by molar-refractivity contribution is 0.282. The van der Waals surface area contributed by atoms with E-state index in [1.165, 1.54) is 4.31 Å². The van der Waals surface area contributed by atoms with Gasteiger partial charge in [0.15, 0.2) is 0 Å². The number of aryl methyl sites for hydroxylation is 1. The van der Waals surface area contributed by atoms with Gasteiger partial charge in [-0.05, 0) is 49.6 Å². The minimum Gasteiger partial charge on any atom is -0.392 e. The molecule has 0 aliphatic carbocycles. The average Bonchev–Trinajstić information content (AvgIpc) is 2.62. The van der Waals surface area contributed by atoms with Crippen LogP contribution in [-0.2, 0) is 23.1 Å². The van der Waals surface area contributed by atoms with Crippen molar-refractivity contribution in [3.8, 4) is 0 Å². The Hall–Kier alpha value is -1.56. The lowest BCUT2D eigenvalue weighted by Gasteiger charge is -2.32. The van der Waals surface area contributed by atoms with Crippen LogP contribution in [0.3, 0.4) is 0 Å². The Kier molecular flexibility index (Phi) is 7.09. The number of benzene rings is 2. The molecule has 1 N–H and O–H groups in total. The zero-order valence-corrected chi connectivity index (χ0v) is 17.0. The average molecular weight is 396 g/mol. The molecule has 1 atom stereocenters. The number of aliphatic hydroxyl groups excluding tert-OH is 1. The molecule has 0 spiro atoms. The Morgan fingerprint density at radius 3 is 2.31 bits per heavy atom. The van der Waals surface area contributed by atoms with Crippen LogP contribution in [0.15, 0.2) is 47.4 Å².